The van der Waals surface area contributed by atoms with Crippen LogP contribution in [0.15, 0.2) is 0 Å². The number of piperidine rings is 1. The minimum absolute atomic E-state index is 0.126. The van der Waals surface area contributed by atoms with Crippen LogP contribution in [0, 0.1) is 11.8 Å². The summed E-state index contributed by atoms with van der Waals surface area (Å²) in [5.74, 6) is 0.444. The van der Waals surface area contributed by atoms with Crippen molar-refractivity contribution in [1.29, 1.82) is 0 Å². The summed E-state index contributed by atoms with van der Waals surface area (Å²) in [6.07, 6.45) is 4.26. The van der Waals surface area contributed by atoms with Crippen LogP contribution < -0.4 is 5.73 Å². The van der Waals surface area contributed by atoms with Crippen molar-refractivity contribution in [3.05, 3.63) is 0 Å². The molecule has 0 aromatic carbocycles. The predicted molar refractivity (Wildman–Crippen MR) is 73.3 cm³/mol. The van der Waals surface area contributed by atoms with Gasteiger partial charge in [0.05, 0.1) is 12.5 Å². The smallest absolute Gasteiger partial charge is 0.236 e. The number of carbonyl (C=O) groups excluding carboxylic acids is 2. The maximum absolute atomic E-state index is 12.3. The summed E-state index contributed by atoms with van der Waals surface area (Å²) in [6.45, 7) is 3.89. The lowest BCUT2D eigenvalue weighted by Crippen LogP contribution is -2.48. The predicted octanol–water partition coefficient (Wildman–Crippen LogP) is 0.441. The van der Waals surface area contributed by atoms with Gasteiger partial charge in [-0.1, -0.05) is 0 Å². The van der Waals surface area contributed by atoms with Crippen molar-refractivity contribution in [2.45, 2.75) is 38.6 Å². The van der Waals surface area contributed by atoms with Gasteiger partial charge < -0.3 is 10.6 Å². The van der Waals surface area contributed by atoms with Gasteiger partial charge in [0.25, 0.3) is 0 Å². The molecular formula is C14H25N3O2. The Labute approximate surface area is 115 Å². The number of likely N-dealkylation sites (N-methyl/N-ethyl adjacent to an activating group) is 1. The number of rotatable bonds is 5. The van der Waals surface area contributed by atoms with Gasteiger partial charge in [0.15, 0.2) is 0 Å². The summed E-state index contributed by atoms with van der Waals surface area (Å²) in [5.41, 5.74) is 5.34. The number of primary amides is 1. The molecule has 0 aromatic heterocycles. The Balaban J connectivity index is 1.83. The molecular weight excluding hydrogens is 242 g/mol. The summed E-state index contributed by atoms with van der Waals surface area (Å²) >= 11 is 0. The van der Waals surface area contributed by atoms with Crippen LogP contribution in [-0.2, 0) is 9.59 Å². The van der Waals surface area contributed by atoms with Crippen LogP contribution >= 0.6 is 0 Å². The molecule has 19 heavy (non-hydrogen) atoms. The zero-order chi connectivity index (χ0) is 14.0. The molecule has 2 aliphatic rings. The summed E-state index contributed by atoms with van der Waals surface area (Å²) in [7, 11) is 2.01. The third-order valence-corrected chi connectivity index (χ3v) is 4.56. The van der Waals surface area contributed by atoms with Crippen LogP contribution in [0.5, 0.6) is 0 Å². The highest BCUT2D eigenvalue weighted by Gasteiger charge is 2.32. The van der Waals surface area contributed by atoms with Crippen LogP contribution in [0.3, 0.4) is 0 Å². The SMILES string of the molecule is CC(C1CC1)N(C)CC(=O)N1CCCC(C(N)=O)C1. The quantitative estimate of drug-likeness (QED) is 0.786. The largest absolute Gasteiger partial charge is 0.369 e. The molecule has 0 radical (unpaired) electrons. The van der Waals surface area contributed by atoms with Gasteiger partial charge in [-0.2, -0.15) is 0 Å². The van der Waals surface area contributed by atoms with Crippen molar-refractivity contribution in [2.75, 3.05) is 26.7 Å². The van der Waals surface area contributed by atoms with Crippen molar-refractivity contribution in [3.8, 4) is 0 Å². The number of nitrogens with two attached hydrogens (primary N) is 1. The van der Waals surface area contributed by atoms with E-state index >= 15 is 0 Å². The van der Waals surface area contributed by atoms with E-state index < -0.39 is 0 Å². The first-order valence-corrected chi connectivity index (χ1v) is 7.26. The van der Waals surface area contributed by atoms with Gasteiger partial charge >= 0.3 is 0 Å². The summed E-state index contributed by atoms with van der Waals surface area (Å²) in [5, 5.41) is 0. The zero-order valence-corrected chi connectivity index (χ0v) is 12.0. The van der Waals surface area contributed by atoms with E-state index in [-0.39, 0.29) is 17.7 Å². The van der Waals surface area contributed by atoms with Crippen LogP contribution in [-0.4, -0.2) is 54.3 Å². The van der Waals surface area contributed by atoms with Crippen molar-refractivity contribution < 1.29 is 9.59 Å². The fourth-order valence-electron chi connectivity index (χ4n) is 2.83. The Morgan fingerprint density at radius 2 is 2.05 bits per heavy atom. The Hall–Kier alpha value is -1.10. The summed E-state index contributed by atoms with van der Waals surface area (Å²) < 4.78 is 0. The topological polar surface area (TPSA) is 66.6 Å². The average Bonchev–Trinajstić information content (AvgIpc) is 3.22. The third kappa shape index (κ3) is 3.69. The number of carbonyl (C=O) groups is 2. The van der Waals surface area contributed by atoms with E-state index in [9.17, 15) is 9.59 Å². The number of likely N-dealkylation sites (tertiary alicyclic amines) is 1. The second-order valence-electron chi connectivity index (χ2n) is 6.07. The lowest BCUT2D eigenvalue weighted by atomic mass is 9.97. The van der Waals surface area contributed by atoms with Crippen LogP contribution in [0.2, 0.25) is 0 Å². The molecule has 2 fully saturated rings. The van der Waals surface area contributed by atoms with E-state index in [0.29, 0.717) is 19.1 Å². The Kier molecular flexibility index (Phi) is 4.45. The van der Waals surface area contributed by atoms with Crippen molar-refractivity contribution in [2.24, 2.45) is 17.6 Å². The molecule has 2 amide bonds. The number of amides is 2. The summed E-state index contributed by atoms with van der Waals surface area (Å²) in [4.78, 5) is 27.4. The maximum atomic E-state index is 12.3. The maximum Gasteiger partial charge on any atom is 0.236 e. The molecule has 2 rings (SSSR count). The van der Waals surface area contributed by atoms with Gasteiger partial charge in [-0.3, -0.25) is 14.5 Å². The average molecular weight is 267 g/mol. The van der Waals surface area contributed by atoms with Gasteiger partial charge in [-0.05, 0) is 45.6 Å². The minimum atomic E-state index is -0.280. The van der Waals surface area contributed by atoms with Crippen molar-refractivity contribution in [1.82, 2.24) is 9.80 Å². The molecule has 2 atom stereocenters. The fraction of sp³-hybridized carbons (Fsp3) is 0.857. The molecule has 1 saturated carbocycles. The van der Waals surface area contributed by atoms with Crippen LogP contribution in [0.25, 0.3) is 0 Å². The molecule has 0 spiro atoms. The lowest BCUT2D eigenvalue weighted by molar-refractivity contribution is -0.136. The van der Waals surface area contributed by atoms with E-state index in [1.165, 1.54) is 12.8 Å². The molecule has 1 saturated heterocycles. The molecule has 1 heterocycles. The summed E-state index contributed by atoms with van der Waals surface area (Å²) in [6, 6.07) is 0.473. The van der Waals surface area contributed by atoms with Gasteiger partial charge in [-0.25, -0.2) is 0 Å². The molecule has 5 nitrogen and oxygen atoms in total. The van der Waals surface area contributed by atoms with Crippen molar-refractivity contribution >= 4 is 11.8 Å². The number of hydrogen-bond acceptors (Lipinski definition) is 3. The lowest BCUT2D eigenvalue weighted by Gasteiger charge is -2.33. The monoisotopic (exact) mass is 267 g/mol. The second-order valence-corrected chi connectivity index (χ2v) is 6.07. The van der Waals surface area contributed by atoms with E-state index in [2.05, 4.69) is 11.8 Å². The van der Waals surface area contributed by atoms with Gasteiger partial charge in [0, 0.05) is 19.1 Å². The Bertz CT molecular complexity index is 355. The Morgan fingerprint density at radius 3 is 2.63 bits per heavy atom. The first-order chi connectivity index (χ1) is 8.99. The number of hydrogen-bond donors (Lipinski definition) is 1. The highest BCUT2D eigenvalue weighted by atomic mass is 16.2. The highest BCUT2D eigenvalue weighted by Crippen LogP contribution is 2.34. The molecule has 1 aliphatic heterocycles. The second kappa shape index (κ2) is 5.90. The molecule has 0 bridgehead atoms. The van der Waals surface area contributed by atoms with Gasteiger partial charge in [0.1, 0.15) is 0 Å². The van der Waals surface area contributed by atoms with Crippen molar-refractivity contribution in [3.63, 3.8) is 0 Å². The van der Waals surface area contributed by atoms with Gasteiger partial charge in [0.2, 0.25) is 11.8 Å². The molecule has 108 valence electrons. The van der Waals surface area contributed by atoms with E-state index in [1.54, 1.807) is 4.90 Å². The third-order valence-electron chi connectivity index (χ3n) is 4.56. The first-order valence-electron chi connectivity index (χ1n) is 7.26. The van der Waals surface area contributed by atoms with Crippen LogP contribution in [0.1, 0.15) is 32.6 Å². The number of nitrogens with zero attached hydrogens (tertiary/aromatic N) is 2. The Morgan fingerprint density at radius 1 is 1.37 bits per heavy atom. The fourth-order valence-corrected chi connectivity index (χ4v) is 2.83. The van der Waals surface area contributed by atoms with Crippen LogP contribution in [0.4, 0.5) is 0 Å². The zero-order valence-electron chi connectivity index (χ0n) is 12.0. The first kappa shape index (κ1) is 14.3. The minimum Gasteiger partial charge on any atom is -0.369 e. The molecule has 5 heteroatoms. The molecule has 0 aromatic rings. The standard InChI is InChI=1S/C14H25N3O2/c1-10(11-5-6-11)16(2)9-13(18)17-7-3-4-12(8-17)14(15)19/h10-12H,3-9H2,1-2H3,(H2,15,19). The highest BCUT2D eigenvalue weighted by molar-refractivity contribution is 5.81. The normalized spacial score (nSPS) is 25.4. The van der Waals surface area contributed by atoms with Gasteiger partial charge in [-0.15, -0.1) is 0 Å². The van der Waals surface area contributed by atoms with E-state index in [0.717, 1.165) is 25.3 Å². The molecule has 1 aliphatic carbocycles. The van der Waals surface area contributed by atoms with E-state index in [1.807, 2.05) is 7.05 Å². The molecule has 2 unspecified atom stereocenters. The van der Waals surface area contributed by atoms with E-state index in [4.69, 9.17) is 5.73 Å². The molecule has 2 N–H and O–H groups in total.